The Morgan fingerprint density at radius 3 is 2.24 bits per heavy atom. The highest BCUT2D eigenvalue weighted by Gasteiger charge is 2.23. The summed E-state index contributed by atoms with van der Waals surface area (Å²) in [4.78, 5) is 25.8. The first kappa shape index (κ1) is 13.2. The number of aromatic carboxylic acids is 1. The van der Waals surface area contributed by atoms with Gasteiger partial charge in [0.2, 0.25) is 0 Å². The van der Waals surface area contributed by atoms with Crippen LogP contribution in [0.5, 0.6) is 0 Å². The second-order valence-electron chi connectivity index (χ2n) is 4.69. The Bertz CT molecular complexity index is 456. The fourth-order valence-electron chi connectivity index (χ4n) is 1.53. The van der Waals surface area contributed by atoms with Crippen LogP contribution >= 0.6 is 0 Å². The predicted molar refractivity (Wildman–Crippen MR) is 60.1 cm³/mol. The van der Waals surface area contributed by atoms with Crippen LogP contribution in [-0.4, -0.2) is 22.3 Å². The fourth-order valence-corrected chi connectivity index (χ4v) is 1.53. The summed E-state index contributed by atoms with van der Waals surface area (Å²) >= 11 is 0. The standard InChI is InChI=1S/C12H14O5/c1-12(2,3)9-6-7(11(15)17-16)4-5-8(9)10(13)14/h4-6,16H,1-3H3,(H,13,14). The van der Waals surface area contributed by atoms with Crippen molar-refractivity contribution in [3.8, 4) is 0 Å². The molecule has 92 valence electrons. The second kappa shape index (κ2) is 4.55. The van der Waals surface area contributed by atoms with E-state index in [4.69, 9.17) is 10.4 Å². The molecule has 5 nitrogen and oxygen atoms in total. The number of carbonyl (C=O) groups excluding carboxylic acids is 1. The van der Waals surface area contributed by atoms with Crippen molar-refractivity contribution in [3.05, 3.63) is 34.9 Å². The van der Waals surface area contributed by atoms with E-state index in [0.29, 0.717) is 5.56 Å². The third-order valence-electron chi connectivity index (χ3n) is 2.38. The molecule has 0 heterocycles. The average molecular weight is 238 g/mol. The van der Waals surface area contributed by atoms with Crippen molar-refractivity contribution in [3.63, 3.8) is 0 Å². The number of hydrogen-bond donors (Lipinski definition) is 2. The van der Waals surface area contributed by atoms with E-state index in [0.717, 1.165) is 0 Å². The van der Waals surface area contributed by atoms with Crippen LogP contribution < -0.4 is 0 Å². The van der Waals surface area contributed by atoms with Gasteiger partial charge in [-0.15, -0.1) is 0 Å². The molecule has 17 heavy (non-hydrogen) atoms. The predicted octanol–water partition coefficient (Wildman–Crippen LogP) is 2.31. The zero-order valence-corrected chi connectivity index (χ0v) is 9.85. The first-order chi connectivity index (χ1) is 7.77. The van der Waals surface area contributed by atoms with Crippen molar-refractivity contribution >= 4 is 11.9 Å². The highest BCUT2D eigenvalue weighted by atomic mass is 17.1. The van der Waals surface area contributed by atoms with Crippen molar-refractivity contribution < 1.29 is 24.8 Å². The maximum atomic E-state index is 11.2. The molecule has 0 radical (unpaired) electrons. The maximum Gasteiger partial charge on any atom is 0.372 e. The van der Waals surface area contributed by atoms with Crippen LogP contribution in [0.15, 0.2) is 18.2 Å². The quantitative estimate of drug-likeness (QED) is 0.610. The third-order valence-corrected chi connectivity index (χ3v) is 2.38. The van der Waals surface area contributed by atoms with Gasteiger partial charge in [0.15, 0.2) is 0 Å². The number of rotatable bonds is 2. The van der Waals surface area contributed by atoms with Crippen LogP contribution in [0, 0.1) is 0 Å². The summed E-state index contributed by atoms with van der Waals surface area (Å²) in [7, 11) is 0. The van der Waals surface area contributed by atoms with E-state index in [2.05, 4.69) is 4.89 Å². The number of carbonyl (C=O) groups is 2. The molecule has 1 rings (SSSR count). The molecular weight excluding hydrogens is 224 g/mol. The molecule has 0 aliphatic rings. The Kier molecular flexibility index (Phi) is 3.53. The molecule has 0 aromatic heterocycles. The second-order valence-corrected chi connectivity index (χ2v) is 4.69. The zero-order valence-electron chi connectivity index (χ0n) is 9.85. The van der Waals surface area contributed by atoms with Gasteiger partial charge in [0, 0.05) is 0 Å². The molecule has 2 N–H and O–H groups in total. The van der Waals surface area contributed by atoms with Crippen LogP contribution in [0.4, 0.5) is 0 Å². The smallest absolute Gasteiger partial charge is 0.372 e. The van der Waals surface area contributed by atoms with Gasteiger partial charge >= 0.3 is 11.9 Å². The molecule has 0 aliphatic heterocycles. The topological polar surface area (TPSA) is 83.8 Å². The van der Waals surface area contributed by atoms with Gasteiger partial charge in [0.25, 0.3) is 0 Å². The summed E-state index contributed by atoms with van der Waals surface area (Å²) in [6.07, 6.45) is 0. The van der Waals surface area contributed by atoms with E-state index in [1.807, 2.05) is 20.8 Å². The van der Waals surface area contributed by atoms with Gasteiger partial charge in [0.05, 0.1) is 11.1 Å². The first-order valence-corrected chi connectivity index (χ1v) is 5.01. The van der Waals surface area contributed by atoms with E-state index >= 15 is 0 Å². The maximum absolute atomic E-state index is 11.2. The largest absolute Gasteiger partial charge is 0.478 e. The van der Waals surface area contributed by atoms with Crippen molar-refractivity contribution in [1.82, 2.24) is 0 Å². The monoisotopic (exact) mass is 238 g/mol. The molecule has 1 aromatic rings. The lowest BCUT2D eigenvalue weighted by Gasteiger charge is -2.21. The van der Waals surface area contributed by atoms with E-state index in [1.54, 1.807) is 0 Å². The zero-order chi connectivity index (χ0) is 13.2. The molecule has 0 unspecified atom stereocenters. The molecule has 0 saturated carbocycles. The van der Waals surface area contributed by atoms with Crippen LogP contribution in [-0.2, 0) is 10.3 Å². The van der Waals surface area contributed by atoms with Crippen LogP contribution in [0.2, 0.25) is 0 Å². The van der Waals surface area contributed by atoms with Crippen LogP contribution in [0.1, 0.15) is 47.1 Å². The summed E-state index contributed by atoms with van der Waals surface area (Å²) in [5.74, 6) is -1.97. The Hall–Kier alpha value is -1.88. The molecule has 0 amide bonds. The van der Waals surface area contributed by atoms with Crippen molar-refractivity contribution in [2.75, 3.05) is 0 Å². The molecule has 1 aromatic carbocycles. The Labute approximate surface area is 98.6 Å². The average Bonchev–Trinajstić information content (AvgIpc) is 2.25. The minimum atomic E-state index is -1.06. The van der Waals surface area contributed by atoms with Gasteiger partial charge in [-0.25, -0.2) is 9.59 Å². The summed E-state index contributed by atoms with van der Waals surface area (Å²) in [5.41, 5.74) is 0.321. The highest BCUT2D eigenvalue weighted by molar-refractivity contribution is 5.94. The van der Waals surface area contributed by atoms with Gasteiger partial charge in [-0.2, -0.15) is 5.26 Å². The fraction of sp³-hybridized carbons (Fsp3) is 0.333. The Morgan fingerprint density at radius 2 is 1.82 bits per heavy atom. The molecule has 0 fully saturated rings. The van der Waals surface area contributed by atoms with Gasteiger partial charge < -0.3 is 5.11 Å². The number of carboxylic acid groups (broad SMARTS) is 1. The van der Waals surface area contributed by atoms with Crippen LogP contribution in [0.3, 0.4) is 0 Å². The minimum absolute atomic E-state index is 0.113. The summed E-state index contributed by atoms with van der Waals surface area (Å²) in [6.45, 7) is 5.51. The van der Waals surface area contributed by atoms with Gasteiger partial charge in [-0.05, 0) is 29.2 Å². The van der Waals surface area contributed by atoms with Crippen molar-refractivity contribution in [1.29, 1.82) is 0 Å². The molecule has 0 saturated heterocycles. The van der Waals surface area contributed by atoms with Crippen molar-refractivity contribution in [2.24, 2.45) is 0 Å². The van der Waals surface area contributed by atoms with Crippen molar-refractivity contribution in [2.45, 2.75) is 26.2 Å². The van der Waals surface area contributed by atoms with E-state index < -0.39 is 17.4 Å². The lowest BCUT2D eigenvalue weighted by atomic mass is 9.83. The van der Waals surface area contributed by atoms with E-state index in [-0.39, 0.29) is 11.1 Å². The molecule has 5 heteroatoms. The van der Waals surface area contributed by atoms with Gasteiger partial charge in [0.1, 0.15) is 0 Å². The molecule has 0 bridgehead atoms. The molecule has 0 spiro atoms. The molecule has 0 atom stereocenters. The molecular formula is C12H14O5. The SMILES string of the molecule is CC(C)(C)c1cc(C(=O)OO)ccc1C(=O)O. The summed E-state index contributed by atoms with van der Waals surface area (Å²) in [5, 5.41) is 17.3. The molecule has 0 aliphatic carbocycles. The lowest BCUT2D eigenvalue weighted by molar-refractivity contribution is -0.182. The first-order valence-electron chi connectivity index (χ1n) is 5.01. The highest BCUT2D eigenvalue weighted by Crippen LogP contribution is 2.27. The van der Waals surface area contributed by atoms with E-state index in [9.17, 15) is 9.59 Å². The number of carboxylic acids is 1. The minimum Gasteiger partial charge on any atom is -0.478 e. The van der Waals surface area contributed by atoms with Gasteiger partial charge in [-0.3, -0.25) is 4.89 Å². The third kappa shape index (κ3) is 2.82. The van der Waals surface area contributed by atoms with Crippen LogP contribution in [0.25, 0.3) is 0 Å². The lowest BCUT2D eigenvalue weighted by Crippen LogP contribution is -2.18. The Balaban J connectivity index is 3.40. The number of benzene rings is 1. The van der Waals surface area contributed by atoms with Gasteiger partial charge in [-0.1, -0.05) is 20.8 Å². The van der Waals surface area contributed by atoms with E-state index in [1.165, 1.54) is 18.2 Å². The summed E-state index contributed by atoms with van der Waals surface area (Å²) < 4.78 is 0. The summed E-state index contributed by atoms with van der Waals surface area (Å²) in [6, 6.07) is 4.05. The normalized spacial score (nSPS) is 11.1. The number of hydrogen-bond acceptors (Lipinski definition) is 4. The Morgan fingerprint density at radius 1 is 1.24 bits per heavy atom.